The highest BCUT2D eigenvalue weighted by atomic mass is 28.2. The van der Waals surface area contributed by atoms with Crippen molar-refractivity contribution < 1.29 is 9.22 Å². The van der Waals surface area contributed by atoms with Crippen molar-refractivity contribution in [2.45, 2.75) is 65.7 Å². The maximum atomic E-state index is 11.8. The molecule has 0 aliphatic carbocycles. The fourth-order valence-corrected chi connectivity index (χ4v) is 2.18. The molecule has 0 aromatic carbocycles. The molecular weight excluding hydrogens is 216 g/mol. The third-order valence-corrected chi connectivity index (χ3v) is 3.11. The van der Waals surface area contributed by atoms with Crippen molar-refractivity contribution >= 4 is 16.5 Å². The molecule has 94 valence electrons. The van der Waals surface area contributed by atoms with E-state index in [1.165, 1.54) is 5.57 Å². The van der Waals surface area contributed by atoms with Crippen LogP contribution >= 0.6 is 0 Å². The van der Waals surface area contributed by atoms with Crippen LogP contribution in [0.15, 0.2) is 11.1 Å². The average Bonchev–Trinajstić information content (AvgIpc) is 2.29. The summed E-state index contributed by atoms with van der Waals surface area (Å²) < 4.78 is 5.03. The highest BCUT2D eigenvalue weighted by Crippen LogP contribution is 2.22. The molecule has 0 aromatic rings. The van der Waals surface area contributed by atoms with Gasteiger partial charge in [0.25, 0.3) is 0 Å². The van der Waals surface area contributed by atoms with Gasteiger partial charge in [0.15, 0.2) is 0 Å². The van der Waals surface area contributed by atoms with Gasteiger partial charge in [-0.3, -0.25) is 0 Å². The monoisotopic (exact) mass is 242 g/mol. The zero-order chi connectivity index (χ0) is 12.4. The first-order valence-electron chi connectivity index (χ1n) is 6.50. The number of hydrogen-bond acceptors (Lipinski definition) is 2. The first-order valence-corrected chi connectivity index (χ1v) is 7.31. The Kier molecular flexibility index (Phi) is 9.29. The maximum Gasteiger partial charge on any atom is 0.319 e. The summed E-state index contributed by atoms with van der Waals surface area (Å²) in [7, 11) is 0.500. The van der Waals surface area contributed by atoms with Gasteiger partial charge in [0.1, 0.15) is 0 Å². The Bertz CT molecular complexity index is 226. The largest absolute Gasteiger partial charge is 0.525 e. The van der Waals surface area contributed by atoms with Gasteiger partial charge in [-0.1, -0.05) is 45.6 Å². The minimum absolute atomic E-state index is 0.0583. The molecule has 0 aromatic heterocycles. The number of hydrogen-bond donors (Lipinski definition) is 0. The zero-order valence-corrected chi connectivity index (χ0v) is 13.3. The second-order valence-electron chi connectivity index (χ2n) is 4.18. The molecule has 3 heteroatoms. The van der Waals surface area contributed by atoms with Crippen molar-refractivity contribution in [3.8, 4) is 0 Å². The minimum atomic E-state index is -0.0583. The van der Waals surface area contributed by atoms with Crippen molar-refractivity contribution in [3.05, 3.63) is 11.1 Å². The molecule has 0 amide bonds. The van der Waals surface area contributed by atoms with Gasteiger partial charge in [-0.2, -0.15) is 0 Å². The van der Waals surface area contributed by atoms with Crippen LogP contribution in [0.1, 0.15) is 65.7 Å². The Labute approximate surface area is 103 Å². The van der Waals surface area contributed by atoms with E-state index in [9.17, 15) is 4.79 Å². The van der Waals surface area contributed by atoms with Crippen LogP contribution in [-0.4, -0.2) is 16.5 Å². The van der Waals surface area contributed by atoms with Crippen LogP contribution in [0.2, 0.25) is 0 Å². The third kappa shape index (κ3) is 5.49. The number of carbonyl (C=O) groups is 1. The summed E-state index contributed by atoms with van der Waals surface area (Å²) in [6, 6.07) is 0. The van der Waals surface area contributed by atoms with Crippen LogP contribution in [0.4, 0.5) is 0 Å². The summed E-state index contributed by atoms with van der Waals surface area (Å²) >= 11 is 0. The van der Waals surface area contributed by atoms with Gasteiger partial charge in [0.05, 0.1) is 0 Å². The van der Waals surface area contributed by atoms with E-state index < -0.39 is 0 Å². The van der Waals surface area contributed by atoms with Crippen LogP contribution < -0.4 is 0 Å². The van der Waals surface area contributed by atoms with Gasteiger partial charge >= 0.3 is 5.97 Å². The summed E-state index contributed by atoms with van der Waals surface area (Å²) in [6.45, 7) is 6.49. The number of rotatable bonds is 8. The van der Waals surface area contributed by atoms with Gasteiger partial charge in [-0.25, -0.2) is 4.79 Å². The lowest BCUT2D eigenvalue weighted by Gasteiger charge is -2.13. The van der Waals surface area contributed by atoms with E-state index in [0.29, 0.717) is 10.5 Å². The molecule has 0 atom stereocenters. The summed E-state index contributed by atoms with van der Waals surface area (Å²) in [5.41, 5.74) is 2.31. The minimum Gasteiger partial charge on any atom is -0.525 e. The number of unbranched alkanes of at least 4 members (excludes halogenated alkanes) is 1. The molecule has 0 saturated carbocycles. The lowest BCUT2D eigenvalue weighted by molar-refractivity contribution is -0.130. The van der Waals surface area contributed by atoms with E-state index in [-0.39, 0.29) is 5.97 Å². The average molecular weight is 242 g/mol. The molecule has 0 N–H and O–H groups in total. The molecular formula is C13H26O2Si. The Morgan fingerprint density at radius 2 is 1.56 bits per heavy atom. The Morgan fingerprint density at radius 1 is 1.00 bits per heavy atom. The Balaban J connectivity index is 4.84. The molecule has 0 bridgehead atoms. The predicted molar refractivity (Wildman–Crippen MR) is 72.4 cm³/mol. The van der Waals surface area contributed by atoms with E-state index in [2.05, 4.69) is 20.8 Å². The van der Waals surface area contributed by atoms with Gasteiger partial charge in [-0.15, -0.1) is 0 Å². The van der Waals surface area contributed by atoms with E-state index in [1.54, 1.807) is 0 Å². The quantitative estimate of drug-likeness (QED) is 0.483. The van der Waals surface area contributed by atoms with Crippen LogP contribution in [0.3, 0.4) is 0 Å². The van der Waals surface area contributed by atoms with E-state index >= 15 is 0 Å². The van der Waals surface area contributed by atoms with Crippen molar-refractivity contribution in [1.82, 2.24) is 0 Å². The third-order valence-electron chi connectivity index (χ3n) is 2.74. The molecule has 0 unspecified atom stereocenters. The summed E-state index contributed by atoms with van der Waals surface area (Å²) in [6.07, 6.45) is 7.42. The van der Waals surface area contributed by atoms with Crippen molar-refractivity contribution in [3.63, 3.8) is 0 Å². The predicted octanol–water partition coefficient (Wildman–Crippen LogP) is 2.90. The van der Waals surface area contributed by atoms with Gasteiger partial charge in [0.2, 0.25) is 10.5 Å². The zero-order valence-electron chi connectivity index (χ0n) is 11.3. The second kappa shape index (κ2) is 9.64. The molecule has 0 aliphatic rings. The molecule has 0 radical (unpaired) electrons. The smallest absolute Gasteiger partial charge is 0.319 e. The van der Waals surface area contributed by atoms with Crippen molar-refractivity contribution in [1.29, 1.82) is 0 Å². The van der Waals surface area contributed by atoms with Gasteiger partial charge < -0.3 is 4.43 Å². The highest BCUT2D eigenvalue weighted by molar-refractivity contribution is 6.09. The number of carbonyl (C=O) groups excluding carboxylic acids is 1. The van der Waals surface area contributed by atoms with Crippen LogP contribution in [0.25, 0.3) is 0 Å². The Hall–Kier alpha value is -0.573. The molecule has 0 saturated heterocycles. The van der Waals surface area contributed by atoms with Crippen LogP contribution in [-0.2, 0) is 9.22 Å². The fraction of sp³-hybridized carbons (Fsp3) is 0.769. The Morgan fingerprint density at radius 3 is 1.94 bits per heavy atom. The topological polar surface area (TPSA) is 26.3 Å². The van der Waals surface area contributed by atoms with Crippen molar-refractivity contribution in [2.24, 2.45) is 0 Å². The summed E-state index contributed by atoms with van der Waals surface area (Å²) in [5.74, 6) is -0.0583. The molecule has 2 nitrogen and oxygen atoms in total. The SMILES string of the molecule is CCCCC(C(=O)O[SiH3])=C(CCC)CCC. The molecule has 0 rings (SSSR count). The van der Waals surface area contributed by atoms with Crippen LogP contribution in [0.5, 0.6) is 0 Å². The molecule has 16 heavy (non-hydrogen) atoms. The standard InChI is InChI=1S/C13H26O2Si/c1-4-7-10-12(13(14)15-16)11(8-5-2)9-6-3/h4-10H2,1-3,16H3. The second-order valence-corrected chi connectivity index (χ2v) is 4.59. The first-order chi connectivity index (χ1) is 7.71. The molecule has 0 heterocycles. The summed E-state index contributed by atoms with van der Waals surface area (Å²) in [5, 5.41) is 0. The van der Waals surface area contributed by atoms with Gasteiger partial charge in [0, 0.05) is 5.57 Å². The first kappa shape index (κ1) is 15.4. The lowest BCUT2D eigenvalue weighted by atomic mass is 9.95. The van der Waals surface area contributed by atoms with Crippen LogP contribution in [0, 0.1) is 0 Å². The molecule has 0 spiro atoms. The highest BCUT2D eigenvalue weighted by Gasteiger charge is 2.13. The van der Waals surface area contributed by atoms with Crippen molar-refractivity contribution in [2.75, 3.05) is 0 Å². The lowest BCUT2D eigenvalue weighted by Crippen LogP contribution is -2.09. The number of allylic oxidation sites excluding steroid dienone is 1. The normalized spacial score (nSPS) is 10.2. The van der Waals surface area contributed by atoms with E-state index in [0.717, 1.165) is 50.5 Å². The fourth-order valence-electron chi connectivity index (χ4n) is 1.93. The molecule has 0 aliphatic heterocycles. The maximum absolute atomic E-state index is 11.8. The summed E-state index contributed by atoms with van der Waals surface area (Å²) in [4.78, 5) is 11.8. The van der Waals surface area contributed by atoms with Gasteiger partial charge in [-0.05, 0) is 25.7 Å². The molecule has 0 fully saturated rings. The van der Waals surface area contributed by atoms with E-state index in [1.807, 2.05) is 0 Å². The van der Waals surface area contributed by atoms with E-state index in [4.69, 9.17) is 4.43 Å².